The van der Waals surface area contributed by atoms with Gasteiger partial charge in [0.2, 0.25) is 11.8 Å². The molecule has 0 saturated carbocycles. The van der Waals surface area contributed by atoms with Gasteiger partial charge in [-0.05, 0) is 36.8 Å². The Morgan fingerprint density at radius 3 is 2.55 bits per heavy atom. The lowest BCUT2D eigenvalue weighted by molar-refractivity contribution is -0.120. The van der Waals surface area contributed by atoms with Gasteiger partial charge in [-0.2, -0.15) is 0 Å². The first kappa shape index (κ1) is 21.2. The maximum absolute atomic E-state index is 13.4. The maximum Gasteiger partial charge on any atom is 0.226 e. The van der Waals surface area contributed by atoms with Crippen molar-refractivity contribution in [3.8, 4) is 11.5 Å². The Morgan fingerprint density at radius 2 is 1.84 bits per heavy atom. The highest BCUT2D eigenvalue weighted by Gasteiger charge is 2.24. The number of nitrogens with one attached hydrogen (secondary N) is 1. The fraction of sp³-hybridized carbons (Fsp3) is 0.333. The fourth-order valence-electron chi connectivity index (χ4n) is 3.75. The third-order valence-corrected chi connectivity index (χ3v) is 5.48. The first-order valence-corrected chi connectivity index (χ1v) is 10.5. The van der Waals surface area contributed by atoms with Gasteiger partial charge in [0.25, 0.3) is 0 Å². The number of rotatable bonds is 7. The minimum Gasteiger partial charge on any atom is -0.441 e. The van der Waals surface area contributed by atoms with Crippen molar-refractivity contribution in [3.05, 3.63) is 77.4 Å². The molecule has 1 atom stereocenters. The zero-order valence-corrected chi connectivity index (χ0v) is 17.5. The molecule has 7 heteroatoms. The van der Waals surface area contributed by atoms with Crippen LogP contribution < -0.4 is 5.32 Å². The van der Waals surface area contributed by atoms with Crippen molar-refractivity contribution < 1.29 is 18.3 Å². The molecule has 1 aromatic heterocycles. The largest absolute Gasteiger partial charge is 0.441 e. The molecule has 1 fully saturated rings. The van der Waals surface area contributed by atoms with Gasteiger partial charge in [0, 0.05) is 25.2 Å². The number of aromatic nitrogens is 1. The van der Waals surface area contributed by atoms with Crippen LogP contribution in [-0.2, 0) is 16.0 Å². The van der Waals surface area contributed by atoms with Crippen LogP contribution in [-0.4, -0.2) is 48.6 Å². The number of ether oxygens (including phenoxy) is 1. The number of nitrogens with zero attached hydrogens (tertiary/aromatic N) is 2. The molecule has 0 aliphatic carbocycles. The van der Waals surface area contributed by atoms with Gasteiger partial charge in [-0.15, -0.1) is 0 Å². The normalized spacial score (nSPS) is 15.5. The monoisotopic (exact) mass is 423 g/mol. The Balaban J connectivity index is 1.42. The average Bonchev–Trinajstić information content (AvgIpc) is 3.16. The predicted octanol–water partition coefficient (Wildman–Crippen LogP) is 3.52. The van der Waals surface area contributed by atoms with Crippen LogP contribution in [0.5, 0.6) is 0 Å². The number of amides is 1. The highest BCUT2D eigenvalue weighted by atomic mass is 19.1. The zero-order chi connectivity index (χ0) is 21.6. The van der Waals surface area contributed by atoms with Gasteiger partial charge in [-0.3, -0.25) is 9.69 Å². The summed E-state index contributed by atoms with van der Waals surface area (Å²) in [6.45, 7) is 5.06. The Morgan fingerprint density at radius 1 is 1.13 bits per heavy atom. The molecule has 1 amide bonds. The molecule has 1 N–H and O–H groups in total. The van der Waals surface area contributed by atoms with Crippen molar-refractivity contribution in [2.75, 3.05) is 32.8 Å². The minimum absolute atomic E-state index is 0.0493. The van der Waals surface area contributed by atoms with Crippen molar-refractivity contribution in [1.29, 1.82) is 0 Å². The number of carbonyl (C=O) groups is 1. The standard InChI is InChI=1S/C24H26FN3O3/c1-17-21(27-24(31-17)19-5-3-2-4-6-19)15-23(29)26-16-22(28-11-13-30-14-12-28)18-7-9-20(25)10-8-18/h2-10,22H,11-16H2,1H3,(H,26,29). The van der Waals surface area contributed by atoms with Gasteiger partial charge >= 0.3 is 0 Å². The maximum atomic E-state index is 13.4. The first-order valence-electron chi connectivity index (χ1n) is 10.5. The second-order valence-electron chi connectivity index (χ2n) is 7.58. The number of aryl methyl sites for hydroxylation is 1. The van der Waals surface area contributed by atoms with Crippen LogP contribution in [0.4, 0.5) is 4.39 Å². The number of benzene rings is 2. The van der Waals surface area contributed by atoms with Crippen molar-refractivity contribution in [2.45, 2.75) is 19.4 Å². The van der Waals surface area contributed by atoms with Crippen LogP contribution in [0, 0.1) is 12.7 Å². The number of carbonyl (C=O) groups excluding carboxylic acids is 1. The summed E-state index contributed by atoms with van der Waals surface area (Å²) in [4.78, 5) is 19.5. The van der Waals surface area contributed by atoms with Crippen LogP contribution >= 0.6 is 0 Å². The van der Waals surface area contributed by atoms with Crippen LogP contribution in [0.25, 0.3) is 11.5 Å². The second-order valence-corrected chi connectivity index (χ2v) is 7.58. The van der Waals surface area contributed by atoms with E-state index in [0.29, 0.717) is 37.1 Å². The van der Waals surface area contributed by atoms with Crippen LogP contribution in [0.2, 0.25) is 0 Å². The summed E-state index contributed by atoms with van der Waals surface area (Å²) in [5, 5.41) is 3.02. The third-order valence-electron chi connectivity index (χ3n) is 5.48. The Bertz CT molecular complexity index is 999. The lowest BCUT2D eigenvalue weighted by atomic mass is 10.0. The fourth-order valence-corrected chi connectivity index (χ4v) is 3.75. The lowest BCUT2D eigenvalue weighted by Gasteiger charge is -2.35. The molecule has 1 aliphatic heterocycles. The molecular weight excluding hydrogens is 397 g/mol. The van der Waals surface area contributed by atoms with Crippen LogP contribution in [0.15, 0.2) is 59.0 Å². The third kappa shape index (κ3) is 5.37. The van der Waals surface area contributed by atoms with E-state index in [1.165, 1.54) is 12.1 Å². The van der Waals surface area contributed by atoms with E-state index in [9.17, 15) is 9.18 Å². The summed E-state index contributed by atoms with van der Waals surface area (Å²) in [5.74, 6) is 0.747. The Labute approximate surface area is 181 Å². The van der Waals surface area contributed by atoms with Crippen molar-refractivity contribution in [3.63, 3.8) is 0 Å². The Hall–Kier alpha value is -3.03. The highest BCUT2D eigenvalue weighted by Crippen LogP contribution is 2.23. The molecule has 0 bridgehead atoms. The SMILES string of the molecule is Cc1oc(-c2ccccc2)nc1CC(=O)NCC(c1ccc(F)cc1)N1CCOCC1. The molecule has 4 rings (SSSR count). The van der Waals surface area contributed by atoms with Gasteiger partial charge < -0.3 is 14.5 Å². The number of oxazole rings is 1. The summed E-state index contributed by atoms with van der Waals surface area (Å²) in [7, 11) is 0. The quantitative estimate of drug-likeness (QED) is 0.630. The van der Waals surface area contributed by atoms with E-state index in [2.05, 4.69) is 15.2 Å². The molecule has 2 aromatic carbocycles. The number of halogens is 1. The lowest BCUT2D eigenvalue weighted by Crippen LogP contribution is -2.44. The van der Waals surface area contributed by atoms with Gasteiger partial charge in [0.05, 0.1) is 31.4 Å². The van der Waals surface area contributed by atoms with Crippen LogP contribution in [0.1, 0.15) is 23.1 Å². The molecule has 0 spiro atoms. The average molecular weight is 423 g/mol. The van der Waals surface area contributed by atoms with Gasteiger partial charge in [-0.25, -0.2) is 9.37 Å². The molecule has 0 radical (unpaired) electrons. The first-order chi connectivity index (χ1) is 15.1. The summed E-state index contributed by atoms with van der Waals surface area (Å²) in [6, 6.07) is 16.0. The zero-order valence-electron chi connectivity index (χ0n) is 17.5. The summed E-state index contributed by atoms with van der Waals surface area (Å²) in [6.07, 6.45) is 0.140. The minimum atomic E-state index is -0.274. The van der Waals surface area contributed by atoms with Crippen molar-refractivity contribution in [2.24, 2.45) is 0 Å². The predicted molar refractivity (Wildman–Crippen MR) is 115 cm³/mol. The van der Waals surface area contributed by atoms with Crippen molar-refractivity contribution >= 4 is 5.91 Å². The summed E-state index contributed by atoms with van der Waals surface area (Å²) >= 11 is 0. The molecule has 31 heavy (non-hydrogen) atoms. The number of hydrogen-bond acceptors (Lipinski definition) is 5. The second kappa shape index (κ2) is 9.85. The van der Waals surface area contributed by atoms with E-state index >= 15 is 0 Å². The van der Waals surface area contributed by atoms with Crippen molar-refractivity contribution in [1.82, 2.24) is 15.2 Å². The molecule has 1 saturated heterocycles. The smallest absolute Gasteiger partial charge is 0.226 e. The van der Waals surface area contributed by atoms with Gasteiger partial charge in [-0.1, -0.05) is 30.3 Å². The molecule has 2 heterocycles. The molecule has 6 nitrogen and oxygen atoms in total. The van der Waals surface area contributed by atoms with E-state index in [1.54, 1.807) is 12.1 Å². The number of hydrogen-bond donors (Lipinski definition) is 1. The summed E-state index contributed by atoms with van der Waals surface area (Å²) < 4.78 is 24.6. The van der Waals surface area contributed by atoms with Gasteiger partial charge in [0.1, 0.15) is 11.6 Å². The molecule has 1 unspecified atom stereocenters. The van der Waals surface area contributed by atoms with Crippen LogP contribution in [0.3, 0.4) is 0 Å². The molecule has 1 aliphatic rings. The van der Waals surface area contributed by atoms with E-state index in [0.717, 1.165) is 24.2 Å². The van der Waals surface area contributed by atoms with Gasteiger partial charge in [0.15, 0.2) is 0 Å². The molecule has 3 aromatic rings. The molecule has 162 valence electrons. The number of morpholine rings is 1. The van der Waals surface area contributed by atoms with E-state index < -0.39 is 0 Å². The topological polar surface area (TPSA) is 67.6 Å². The molecular formula is C24H26FN3O3. The summed E-state index contributed by atoms with van der Waals surface area (Å²) in [5.41, 5.74) is 2.47. The van der Waals surface area contributed by atoms with E-state index in [1.807, 2.05) is 37.3 Å². The Kier molecular flexibility index (Phi) is 6.74. The van der Waals surface area contributed by atoms with E-state index in [-0.39, 0.29) is 24.2 Å². The van der Waals surface area contributed by atoms with E-state index in [4.69, 9.17) is 9.15 Å². The highest BCUT2D eigenvalue weighted by molar-refractivity contribution is 5.78.